The average Bonchev–Trinajstić information content (AvgIpc) is 3.08. The van der Waals surface area contributed by atoms with Crippen LogP contribution < -0.4 is 4.72 Å². The maximum Gasteiger partial charge on any atom is 0.417 e. The van der Waals surface area contributed by atoms with Crippen LogP contribution in [0.5, 0.6) is 0 Å². The second kappa shape index (κ2) is 7.81. The van der Waals surface area contributed by atoms with Crippen molar-refractivity contribution < 1.29 is 21.6 Å². The number of sulfonamides is 1. The largest absolute Gasteiger partial charge is 0.417 e. The van der Waals surface area contributed by atoms with E-state index in [1.807, 2.05) is 0 Å². The highest BCUT2D eigenvalue weighted by Crippen LogP contribution is 2.36. The fraction of sp³-hybridized carbons (Fsp3) is 0.211. The van der Waals surface area contributed by atoms with Crippen molar-refractivity contribution in [1.82, 2.24) is 14.3 Å². The molecule has 1 N–H and O–H groups in total. The predicted octanol–water partition coefficient (Wildman–Crippen LogP) is 4.26. The van der Waals surface area contributed by atoms with Gasteiger partial charge in [0.1, 0.15) is 0 Å². The average molecular weight is 444 g/mol. The highest BCUT2D eigenvalue weighted by Gasteiger charge is 2.33. The first kappa shape index (κ1) is 21.4. The number of nitrogens with zero attached hydrogens (tertiary/aromatic N) is 2. The van der Waals surface area contributed by atoms with Crippen LogP contribution in [0.1, 0.15) is 16.7 Å². The molecule has 0 amide bonds. The van der Waals surface area contributed by atoms with E-state index in [4.69, 9.17) is 11.6 Å². The van der Waals surface area contributed by atoms with E-state index in [0.29, 0.717) is 22.4 Å². The number of halogens is 4. The number of aryl methyl sites for hydroxylation is 1. The standard InChI is InChI=1S/C19H17ClF3N3O2S/c1-24-29(27,28)14-5-4-13(15(9-14)18-10-26(2)11-25-18)7-12-3-6-17(20)16(8-12)19(21,22)23/h3-6,8-11,24H,7H2,1-2H3. The molecule has 0 spiro atoms. The van der Waals surface area contributed by atoms with Crippen LogP contribution >= 0.6 is 11.6 Å². The van der Waals surface area contributed by atoms with Crippen LogP contribution in [0.2, 0.25) is 5.02 Å². The van der Waals surface area contributed by atoms with Crippen LogP contribution in [0.4, 0.5) is 13.2 Å². The predicted molar refractivity (Wildman–Crippen MR) is 104 cm³/mol. The van der Waals surface area contributed by atoms with Gasteiger partial charge in [-0.1, -0.05) is 23.7 Å². The first-order valence-corrected chi connectivity index (χ1v) is 10.3. The fourth-order valence-electron chi connectivity index (χ4n) is 2.90. The molecule has 1 heterocycles. The SMILES string of the molecule is CNS(=O)(=O)c1ccc(Cc2ccc(Cl)c(C(F)(F)F)c2)c(-c2cn(C)cn2)c1. The van der Waals surface area contributed by atoms with Gasteiger partial charge in [-0.25, -0.2) is 18.1 Å². The molecule has 0 aliphatic rings. The molecule has 3 aromatic rings. The zero-order chi connectivity index (χ0) is 21.4. The molecule has 29 heavy (non-hydrogen) atoms. The van der Waals surface area contributed by atoms with Gasteiger partial charge in [0.2, 0.25) is 10.0 Å². The van der Waals surface area contributed by atoms with Gasteiger partial charge in [0.15, 0.2) is 0 Å². The third kappa shape index (κ3) is 4.63. The Bertz CT molecular complexity index is 1160. The van der Waals surface area contributed by atoms with Crippen LogP contribution in [0, 0.1) is 0 Å². The van der Waals surface area contributed by atoms with Crippen LogP contribution in [0.15, 0.2) is 53.8 Å². The minimum Gasteiger partial charge on any atom is -0.340 e. The molecule has 0 saturated heterocycles. The second-order valence-corrected chi connectivity index (χ2v) is 8.73. The summed E-state index contributed by atoms with van der Waals surface area (Å²) in [5.41, 5.74) is 1.15. The maximum absolute atomic E-state index is 13.2. The fourth-order valence-corrected chi connectivity index (χ4v) is 3.89. The molecule has 1 aromatic heterocycles. The summed E-state index contributed by atoms with van der Waals surface area (Å²) in [4.78, 5) is 4.29. The lowest BCUT2D eigenvalue weighted by molar-refractivity contribution is -0.137. The van der Waals surface area contributed by atoms with Gasteiger partial charge in [-0.05, 0) is 48.9 Å². The molecule has 0 aliphatic carbocycles. The number of alkyl halides is 3. The normalized spacial score (nSPS) is 12.3. The topological polar surface area (TPSA) is 64.0 Å². The molecule has 2 aromatic carbocycles. The Hall–Kier alpha value is -2.36. The van der Waals surface area contributed by atoms with Crippen molar-refractivity contribution in [2.24, 2.45) is 7.05 Å². The van der Waals surface area contributed by atoms with E-state index in [-0.39, 0.29) is 16.3 Å². The smallest absolute Gasteiger partial charge is 0.340 e. The van der Waals surface area contributed by atoms with Crippen molar-refractivity contribution >= 4 is 21.6 Å². The summed E-state index contributed by atoms with van der Waals surface area (Å²) in [6.07, 6.45) is -1.16. The van der Waals surface area contributed by atoms with E-state index in [9.17, 15) is 21.6 Å². The molecule has 0 atom stereocenters. The molecule has 0 fully saturated rings. The van der Waals surface area contributed by atoms with Crippen LogP contribution in [-0.4, -0.2) is 25.0 Å². The number of hydrogen-bond donors (Lipinski definition) is 1. The monoisotopic (exact) mass is 443 g/mol. The molecule has 0 aliphatic heterocycles. The summed E-state index contributed by atoms with van der Waals surface area (Å²) in [6.45, 7) is 0. The van der Waals surface area contributed by atoms with E-state index < -0.39 is 21.8 Å². The number of hydrogen-bond acceptors (Lipinski definition) is 3. The molecular weight excluding hydrogens is 427 g/mol. The third-order valence-corrected chi connectivity index (χ3v) is 6.11. The van der Waals surface area contributed by atoms with E-state index in [1.54, 1.807) is 30.2 Å². The Kier molecular flexibility index (Phi) is 5.75. The highest BCUT2D eigenvalue weighted by atomic mass is 35.5. The Morgan fingerprint density at radius 3 is 2.48 bits per heavy atom. The van der Waals surface area contributed by atoms with E-state index in [1.165, 1.54) is 31.3 Å². The van der Waals surface area contributed by atoms with Gasteiger partial charge in [0.05, 0.1) is 27.5 Å². The third-order valence-electron chi connectivity index (χ3n) is 4.37. The Balaban J connectivity index is 2.10. The number of rotatable bonds is 5. The van der Waals surface area contributed by atoms with Crippen molar-refractivity contribution in [2.75, 3.05) is 7.05 Å². The summed E-state index contributed by atoms with van der Waals surface area (Å²) in [5.74, 6) is 0. The molecule has 0 unspecified atom stereocenters. The summed E-state index contributed by atoms with van der Waals surface area (Å²) < 4.78 is 67.8. The maximum atomic E-state index is 13.2. The first-order valence-electron chi connectivity index (χ1n) is 8.41. The summed E-state index contributed by atoms with van der Waals surface area (Å²) >= 11 is 5.69. The van der Waals surface area contributed by atoms with Crippen LogP contribution in [-0.2, 0) is 29.7 Å². The Morgan fingerprint density at radius 1 is 1.17 bits per heavy atom. The zero-order valence-corrected chi connectivity index (χ0v) is 17.0. The number of benzene rings is 2. The lowest BCUT2D eigenvalue weighted by atomic mass is 9.97. The quantitative estimate of drug-likeness (QED) is 0.641. The molecule has 0 radical (unpaired) electrons. The first-order chi connectivity index (χ1) is 13.5. The van der Waals surface area contributed by atoms with Crippen molar-refractivity contribution in [3.63, 3.8) is 0 Å². The summed E-state index contributed by atoms with van der Waals surface area (Å²) in [7, 11) is -0.629. The van der Waals surface area contributed by atoms with Gasteiger partial charge in [-0.15, -0.1) is 0 Å². The van der Waals surface area contributed by atoms with Crippen molar-refractivity contribution in [3.8, 4) is 11.3 Å². The molecule has 3 rings (SSSR count). The van der Waals surface area contributed by atoms with E-state index in [0.717, 1.165) is 6.07 Å². The molecule has 5 nitrogen and oxygen atoms in total. The van der Waals surface area contributed by atoms with Gasteiger partial charge in [-0.2, -0.15) is 13.2 Å². The van der Waals surface area contributed by atoms with E-state index >= 15 is 0 Å². The Morgan fingerprint density at radius 2 is 1.90 bits per heavy atom. The van der Waals surface area contributed by atoms with Gasteiger partial charge in [-0.3, -0.25) is 0 Å². The van der Waals surface area contributed by atoms with Gasteiger partial charge in [0, 0.05) is 18.8 Å². The number of nitrogens with one attached hydrogen (secondary N) is 1. The van der Waals surface area contributed by atoms with E-state index in [2.05, 4.69) is 9.71 Å². The second-order valence-electron chi connectivity index (χ2n) is 6.44. The molecule has 0 saturated carbocycles. The van der Waals surface area contributed by atoms with Crippen molar-refractivity contribution in [2.45, 2.75) is 17.5 Å². The van der Waals surface area contributed by atoms with Gasteiger partial charge < -0.3 is 4.57 Å². The summed E-state index contributed by atoms with van der Waals surface area (Å²) in [5, 5.41) is -0.373. The van der Waals surface area contributed by atoms with Gasteiger partial charge in [0.25, 0.3) is 0 Å². The number of imidazole rings is 1. The van der Waals surface area contributed by atoms with Crippen molar-refractivity contribution in [1.29, 1.82) is 0 Å². The Labute approximate surface area is 171 Å². The lowest BCUT2D eigenvalue weighted by Gasteiger charge is -2.13. The van der Waals surface area contributed by atoms with Gasteiger partial charge >= 0.3 is 6.18 Å². The zero-order valence-electron chi connectivity index (χ0n) is 15.5. The molecule has 10 heteroatoms. The van der Waals surface area contributed by atoms with Crippen LogP contribution in [0.3, 0.4) is 0 Å². The highest BCUT2D eigenvalue weighted by molar-refractivity contribution is 7.89. The van der Waals surface area contributed by atoms with Crippen molar-refractivity contribution in [3.05, 3.63) is 70.6 Å². The lowest BCUT2D eigenvalue weighted by Crippen LogP contribution is -2.18. The summed E-state index contributed by atoms with van der Waals surface area (Å²) in [6, 6.07) is 8.18. The minimum atomic E-state index is -4.57. The number of aromatic nitrogens is 2. The molecule has 0 bridgehead atoms. The minimum absolute atomic E-state index is 0.0384. The molecule has 154 valence electrons. The molecular formula is C19H17ClF3N3O2S. The van der Waals surface area contributed by atoms with Crippen LogP contribution in [0.25, 0.3) is 11.3 Å².